The molecule has 0 aliphatic heterocycles. The van der Waals surface area contributed by atoms with Crippen molar-refractivity contribution in [3.05, 3.63) is 68.9 Å². The normalized spacial score (nSPS) is 12.2. The molecule has 0 fully saturated rings. The molecule has 0 radical (unpaired) electrons. The standard InChI is InChI=1S/C46H76N6O5S2/c1-3-5-7-9-11-13-15-17-18-19-21-23-25-27-29-31-33-41(32-30-28-26-24-22-20-16-14-12-10-8-6-4-2)45-40-44(59(55,56)52-50-48)38-39-46(45)57-42-34-36-43(37-35-42)58(53,54)51-49-47/h34-41H,3-33H2,1-2H3. The van der Waals surface area contributed by atoms with E-state index in [1.807, 2.05) is 0 Å². The molecule has 0 bridgehead atoms. The molecule has 59 heavy (non-hydrogen) atoms. The minimum absolute atomic E-state index is 0.00943. The molecule has 0 saturated heterocycles. The van der Waals surface area contributed by atoms with Gasteiger partial charge in [0.05, 0.1) is 9.79 Å². The van der Waals surface area contributed by atoms with E-state index in [2.05, 4.69) is 32.7 Å². The van der Waals surface area contributed by atoms with Crippen LogP contribution in [0.25, 0.3) is 20.9 Å². The summed E-state index contributed by atoms with van der Waals surface area (Å²) < 4.78 is 62.6. The summed E-state index contributed by atoms with van der Waals surface area (Å²) in [6.07, 6.45) is 38.8. The van der Waals surface area contributed by atoms with Gasteiger partial charge in [-0.1, -0.05) is 200 Å². The lowest BCUT2D eigenvalue weighted by Crippen LogP contribution is -2.05. The molecule has 0 aliphatic carbocycles. The van der Waals surface area contributed by atoms with E-state index in [1.54, 1.807) is 12.1 Å². The van der Waals surface area contributed by atoms with Crippen LogP contribution < -0.4 is 4.74 Å². The van der Waals surface area contributed by atoms with E-state index in [0.29, 0.717) is 11.5 Å². The first-order valence-electron chi connectivity index (χ1n) is 23.2. The fourth-order valence-electron chi connectivity index (χ4n) is 7.90. The first-order chi connectivity index (χ1) is 28.7. The monoisotopic (exact) mass is 857 g/mol. The van der Waals surface area contributed by atoms with E-state index in [4.69, 9.17) is 15.8 Å². The maximum absolute atomic E-state index is 12.9. The highest BCUT2D eigenvalue weighted by Crippen LogP contribution is 2.39. The van der Waals surface area contributed by atoms with Gasteiger partial charge in [0.15, 0.2) is 0 Å². The van der Waals surface area contributed by atoms with Crippen molar-refractivity contribution in [2.75, 3.05) is 0 Å². The second-order valence-corrected chi connectivity index (χ2v) is 19.6. The van der Waals surface area contributed by atoms with E-state index >= 15 is 0 Å². The molecule has 2 rings (SSSR count). The molecular weight excluding hydrogens is 781 g/mol. The third-order valence-corrected chi connectivity index (χ3v) is 13.7. The van der Waals surface area contributed by atoms with Crippen molar-refractivity contribution in [2.45, 2.75) is 229 Å². The van der Waals surface area contributed by atoms with Crippen LogP contribution >= 0.6 is 0 Å². The van der Waals surface area contributed by atoms with Gasteiger partial charge in [-0.2, -0.15) is 0 Å². The Bertz CT molecular complexity index is 1720. The number of unbranched alkanes of at least 4 members (excludes halogenated alkanes) is 27. The van der Waals surface area contributed by atoms with Crippen molar-refractivity contribution in [2.24, 2.45) is 9.04 Å². The van der Waals surface area contributed by atoms with Crippen molar-refractivity contribution in [3.8, 4) is 11.5 Å². The molecule has 2 aromatic carbocycles. The predicted octanol–water partition coefficient (Wildman–Crippen LogP) is 16.7. The number of hydrogen-bond acceptors (Lipinski definition) is 5. The molecule has 11 nitrogen and oxygen atoms in total. The summed E-state index contributed by atoms with van der Waals surface area (Å²) in [5.41, 5.74) is 18.4. The van der Waals surface area contributed by atoms with Gasteiger partial charge < -0.3 is 4.74 Å². The maximum Gasteiger partial charge on any atom is 0.264 e. The zero-order chi connectivity index (χ0) is 42.9. The van der Waals surface area contributed by atoms with Gasteiger partial charge in [-0.15, -0.1) is 0 Å². The number of rotatable bonds is 38. The van der Waals surface area contributed by atoms with Gasteiger partial charge in [-0.05, 0) is 77.8 Å². The Hall–Kier alpha value is -3.24. The fraction of sp³-hybridized carbons (Fsp3) is 0.739. The minimum Gasteiger partial charge on any atom is -0.457 e. The predicted molar refractivity (Wildman–Crippen MR) is 243 cm³/mol. The van der Waals surface area contributed by atoms with Gasteiger partial charge in [0, 0.05) is 18.9 Å². The quantitative estimate of drug-likeness (QED) is 0.0282. The van der Waals surface area contributed by atoms with Gasteiger partial charge in [0.25, 0.3) is 20.0 Å². The maximum atomic E-state index is 12.9. The number of hydrogen-bond donors (Lipinski definition) is 0. The van der Waals surface area contributed by atoms with E-state index in [0.717, 1.165) is 44.1 Å². The third-order valence-electron chi connectivity index (χ3n) is 11.4. The Morgan fingerprint density at radius 1 is 0.475 bits per heavy atom. The Balaban J connectivity index is 2.05. The van der Waals surface area contributed by atoms with Gasteiger partial charge in [-0.25, -0.2) is 16.8 Å². The van der Waals surface area contributed by atoms with Crippen LogP contribution in [0.1, 0.15) is 224 Å². The number of ether oxygens (including phenoxy) is 1. The third kappa shape index (κ3) is 23.4. The van der Waals surface area contributed by atoms with Crippen molar-refractivity contribution in [1.82, 2.24) is 0 Å². The first-order valence-corrected chi connectivity index (χ1v) is 26.1. The molecule has 1 atom stereocenters. The van der Waals surface area contributed by atoms with Crippen LogP contribution in [0.2, 0.25) is 0 Å². The molecule has 2 aromatic rings. The van der Waals surface area contributed by atoms with Crippen molar-refractivity contribution in [1.29, 1.82) is 0 Å². The van der Waals surface area contributed by atoms with Crippen LogP contribution in [0.5, 0.6) is 11.5 Å². The number of sulfonamides is 2. The Morgan fingerprint density at radius 3 is 1.15 bits per heavy atom. The van der Waals surface area contributed by atoms with Crippen LogP contribution in [0.4, 0.5) is 0 Å². The topological polar surface area (TPSA) is 175 Å². The van der Waals surface area contributed by atoms with Gasteiger partial charge >= 0.3 is 0 Å². The fourth-order valence-corrected chi connectivity index (χ4v) is 9.28. The smallest absolute Gasteiger partial charge is 0.264 e. The molecule has 0 saturated carbocycles. The van der Waals surface area contributed by atoms with E-state index in [-0.39, 0.29) is 15.7 Å². The molecular formula is C46H76N6O5S2. The number of azide groups is 2. The van der Waals surface area contributed by atoms with Gasteiger partial charge in [0.2, 0.25) is 0 Å². The Labute approximate surface area is 358 Å². The zero-order valence-corrected chi connectivity index (χ0v) is 38.2. The summed E-state index contributed by atoms with van der Waals surface area (Å²) in [6.45, 7) is 4.52. The van der Waals surface area contributed by atoms with Crippen molar-refractivity contribution in [3.63, 3.8) is 0 Å². The molecule has 0 spiro atoms. The lowest BCUT2D eigenvalue weighted by Gasteiger charge is -2.22. The number of benzene rings is 2. The van der Waals surface area contributed by atoms with Gasteiger partial charge in [0.1, 0.15) is 11.5 Å². The van der Waals surface area contributed by atoms with Gasteiger partial charge in [-0.3, -0.25) is 0 Å². The molecule has 332 valence electrons. The average molecular weight is 857 g/mol. The molecule has 1 unspecified atom stereocenters. The summed E-state index contributed by atoms with van der Waals surface area (Å²) in [7, 11) is -8.40. The molecule has 0 N–H and O–H groups in total. The summed E-state index contributed by atoms with van der Waals surface area (Å²) in [6, 6.07) is 10.1. The highest BCUT2D eigenvalue weighted by molar-refractivity contribution is 7.90. The van der Waals surface area contributed by atoms with Crippen molar-refractivity contribution >= 4 is 20.0 Å². The van der Waals surface area contributed by atoms with Crippen molar-refractivity contribution < 1.29 is 21.6 Å². The van der Waals surface area contributed by atoms with Crippen LogP contribution in [0, 0.1) is 0 Å². The SMILES string of the molecule is CCCCCCCCCCCCCCCCCCC(CCCCCCCCCCCCCCC)c1cc(S(=O)(=O)N=[N+]=[N-])ccc1Oc1ccc(S(=O)(=O)N=[N+]=[N-])cc1. The first kappa shape index (κ1) is 51.9. The molecule has 0 aliphatic rings. The Kier molecular flexibility index (Phi) is 28.6. The average Bonchev–Trinajstić information content (AvgIpc) is 3.22. The van der Waals surface area contributed by atoms with Crippen LogP contribution in [-0.2, 0) is 20.0 Å². The van der Waals surface area contributed by atoms with E-state index < -0.39 is 20.0 Å². The van der Waals surface area contributed by atoms with E-state index in [9.17, 15) is 16.8 Å². The summed E-state index contributed by atoms with van der Waals surface area (Å²) in [5, 5.41) is 0. The second kappa shape index (κ2) is 32.5. The summed E-state index contributed by atoms with van der Waals surface area (Å²) >= 11 is 0. The van der Waals surface area contributed by atoms with Crippen LogP contribution in [0.15, 0.2) is 61.3 Å². The lowest BCUT2D eigenvalue weighted by atomic mass is 9.87. The molecule has 0 amide bonds. The summed E-state index contributed by atoms with van der Waals surface area (Å²) in [4.78, 5) is 4.72. The minimum atomic E-state index is -4.24. The number of nitrogens with zero attached hydrogens (tertiary/aromatic N) is 6. The van der Waals surface area contributed by atoms with Crippen LogP contribution in [-0.4, -0.2) is 16.8 Å². The Morgan fingerprint density at radius 2 is 0.797 bits per heavy atom. The highest BCUT2D eigenvalue weighted by atomic mass is 32.2. The lowest BCUT2D eigenvalue weighted by molar-refractivity contribution is 0.442. The molecule has 0 aromatic heterocycles. The van der Waals surface area contributed by atoms with E-state index in [1.165, 1.54) is 191 Å². The van der Waals surface area contributed by atoms with Crippen LogP contribution in [0.3, 0.4) is 0 Å². The highest BCUT2D eigenvalue weighted by Gasteiger charge is 2.22. The molecule has 0 heterocycles. The molecule has 13 heteroatoms. The zero-order valence-electron chi connectivity index (χ0n) is 36.6. The summed E-state index contributed by atoms with van der Waals surface area (Å²) in [5.74, 6) is 0.820. The second-order valence-electron chi connectivity index (χ2n) is 16.4. The largest absolute Gasteiger partial charge is 0.457 e.